The lowest BCUT2D eigenvalue weighted by Gasteiger charge is -2.28. The quantitative estimate of drug-likeness (QED) is 0.0195. The number of ether oxygens (including phenoxy) is 2. The number of phosphoric acid groups is 1. The first kappa shape index (κ1) is 78.4. The third-order valence-electron chi connectivity index (χ3n) is 14.0. The first-order valence-corrected chi connectivity index (χ1v) is 34.7. The number of carbonyl (C=O) groups excluding carboxylic acids is 2. The number of carbonyl (C=O) groups is 2. The lowest BCUT2D eigenvalue weighted by molar-refractivity contribution is -0.870. The predicted octanol–water partition coefficient (Wildman–Crippen LogP) is 20.9. The first-order valence-electron chi connectivity index (χ1n) is 33.2. The van der Waals surface area contributed by atoms with E-state index in [9.17, 15) is 19.0 Å². The van der Waals surface area contributed by atoms with Crippen molar-refractivity contribution in [1.82, 2.24) is 0 Å². The van der Waals surface area contributed by atoms with Crippen molar-refractivity contribution in [2.75, 3.05) is 47.5 Å². The van der Waals surface area contributed by atoms with Crippen molar-refractivity contribution >= 4 is 19.8 Å². The number of likely N-dealkylation sites (N-methyl/N-ethyl adjacent to an activating group) is 1. The summed E-state index contributed by atoms with van der Waals surface area (Å²) >= 11 is 0. The number of allylic oxidation sites excluding steroid dienone is 20. The molecule has 2 unspecified atom stereocenters. The summed E-state index contributed by atoms with van der Waals surface area (Å²) in [5.74, 6) is -0.843. The van der Waals surface area contributed by atoms with Crippen molar-refractivity contribution in [3.8, 4) is 0 Å². The largest absolute Gasteiger partial charge is 0.756 e. The Hall–Kier alpha value is -3.59. The summed E-state index contributed by atoms with van der Waals surface area (Å²) in [5, 5.41) is 0. The third kappa shape index (κ3) is 65.6. The zero-order valence-electron chi connectivity index (χ0n) is 53.4. The number of esters is 2. The van der Waals surface area contributed by atoms with Crippen molar-refractivity contribution < 1.29 is 42.1 Å². The standard InChI is InChI=1S/C72H124NO8P/c1-6-8-10-12-14-16-18-20-22-24-26-28-29-30-31-32-33-34-35-36-37-38-39-40-41-42-43-45-47-49-51-53-55-57-59-61-63-65-72(75)81-70(69-80-82(76,77)79-67-66-73(3,4)5)68-78-71(74)64-62-60-58-56-54-52-50-48-46-44-27-25-23-21-19-17-15-13-11-9-7-2/h8,10,14,16,20,22,25-28,30-31,33-34,36-37,39-40,42-43,70H,6-7,9,11-13,15,17-19,21,23-24,29,32,35,38,41,44-69H2,1-5H3/b10-8-,16-14-,22-20-,27-25-,28-26-,31-30-,34-33-,37-36-,40-39-,43-42-. The van der Waals surface area contributed by atoms with E-state index in [4.69, 9.17) is 18.5 Å². The highest BCUT2D eigenvalue weighted by molar-refractivity contribution is 7.45. The van der Waals surface area contributed by atoms with Crippen molar-refractivity contribution in [2.45, 2.75) is 277 Å². The van der Waals surface area contributed by atoms with Crippen molar-refractivity contribution in [3.05, 3.63) is 122 Å². The molecule has 0 bridgehead atoms. The van der Waals surface area contributed by atoms with Crippen LogP contribution in [-0.4, -0.2) is 70.0 Å². The van der Waals surface area contributed by atoms with Gasteiger partial charge < -0.3 is 27.9 Å². The summed E-state index contributed by atoms with van der Waals surface area (Å²) < 4.78 is 34.2. The van der Waals surface area contributed by atoms with E-state index in [2.05, 4.69) is 135 Å². The molecule has 0 saturated heterocycles. The summed E-state index contributed by atoms with van der Waals surface area (Å²) in [6.45, 7) is 4.13. The summed E-state index contributed by atoms with van der Waals surface area (Å²) in [6, 6.07) is 0. The third-order valence-corrected chi connectivity index (χ3v) is 14.9. The van der Waals surface area contributed by atoms with Gasteiger partial charge in [-0.25, -0.2) is 0 Å². The maximum atomic E-state index is 12.8. The minimum absolute atomic E-state index is 0.0372. The highest BCUT2D eigenvalue weighted by Gasteiger charge is 2.22. The Balaban J connectivity index is 4.13. The second-order valence-electron chi connectivity index (χ2n) is 23.1. The Morgan fingerprint density at radius 3 is 1.05 bits per heavy atom. The van der Waals surface area contributed by atoms with E-state index in [-0.39, 0.29) is 32.0 Å². The van der Waals surface area contributed by atoms with Gasteiger partial charge in [0.25, 0.3) is 7.82 Å². The summed E-state index contributed by atoms with van der Waals surface area (Å²) in [7, 11) is 1.15. The minimum Gasteiger partial charge on any atom is -0.756 e. The van der Waals surface area contributed by atoms with Crippen LogP contribution in [0.15, 0.2) is 122 Å². The van der Waals surface area contributed by atoms with Gasteiger partial charge in [-0.2, -0.15) is 0 Å². The van der Waals surface area contributed by atoms with Crippen LogP contribution in [0, 0.1) is 0 Å². The van der Waals surface area contributed by atoms with Gasteiger partial charge in [0.15, 0.2) is 6.10 Å². The summed E-state index contributed by atoms with van der Waals surface area (Å²) in [5.41, 5.74) is 0. The SMILES string of the molecule is CC/C=C\C/C=C\C/C=C\C/C=C\C/C=C\C/C=C\C/C=C\C/C=C\C/C=C\CCCCCCCCCCCC(=O)OC(COC(=O)CCCCCCCCCCC/C=C\CCCCCCCCCC)COP(=O)([O-])OCC[N+](C)(C)C. The monoisotopic (exact) mass is 1160 g/mol. The second kappa shape index (κ2) is 62.0. The van der Waals surface area contributed by atoms with Gasteiger partial charge in [0, 0.05) is 12.8 Å². The average Bonchev–Trinajstić information content (AvgIpc) is 3.46. The van der Waals surface area contributed by atoms with E-state index < -0.39 is 26.5 Å². The Morgan fingerprint density at radius 2 is 0.695 bits per heavy atom. The highest BCUT2D eigenvalue weighted by atomic mass is 31.2. The molecule has 0 aromatic rings. The average molecular weight is 1160 g/mol. The molecular formula is C72H124NO8P. The highest BCUT2D eigenvalue weighted by Crippen LogP contribution is 2.38. The number of unbranched alkanes of at least 4 members (excludes halogenated alkanes) is 26. The Bertz CT molecular complexity index is 1800. The van der Waals surface area contributed by atoms with E-state index in [0.717, 1.165) is 103 Å². The molecule has 82 heavy (non-hydrogen) atoms. The fourth-order valence-corrected chi connectivity index (χ4v) is 9.61. The van der Waals surface area contributed by atoms with Crippen LogP contribution in [-0.2, 0) is 32.7 Å². The molecule has 0 rings (SSSR count). The Labute approximate surface area is 505 Å². The van der Waals surface area contributed by atoms with Gasteiger partial charge in [-0.3, -0.25) is 14.2 Å². The molecule has 0 aromatic carbocycles. The number of rotatable bonds is 60. The van der Waals surface area contributed by atoms with Gasteiger partial charge >= 0.3 is 11.9 Å². The van der Waals surface area contributed by atoms with E-state index in [1.807, 2.05) is 21.1 Å². The molecule has 9 nitrogen and oxygen atoms in total. The molecule has 0 aliphatic heterocycles. The van der Waals surface area contributed by atoms with Crippen molar-refractivity contribution in [3.63, 3.8) is 0 Å². The van der Waals surface area contributed by atoms with E-state index in [1.165, 1.54) is 135 Å². The molecular weight excluding hydrogens is 1040 g/mol. The van der Waals surface area contributed by atoms with E-state index >= 15 is 0 Å². The molecule has 0 spiro atoms. The van der Waals surface area contributed by atoms with E-state index in [1.54, 1.807) is 0 Å². The minimum atomic E-state index is -4.65. The molecule has 0 aliphatic carbocycles. The maximum absolute atomic E-state index is 12.8. The van der Waals surface area contributed by atoms with Crippen molar-refractivity contribution in [2.24, 2.45) is 0 Å². The first-order chi connectivity index (χ1) is 40.0. The number of hydrogen-bond acceptors (Lipinski definition) is 8. The lowest BCUT2D eigenvalue weighted by Crippen LogP contribution is -2.37. The molecule has 10 heteroatoms. The van der Waals surface area contributed by atoms with Gasteiger partial charge in [-0.15, -0.1) is 0 Å². The molecule has 0 amide bonds. The Kier molecular flexibility index (Phi) is 59.2. The topological polar surface area (TPSA) is 111 Å². The second-order valence-corrected chi connectivity index (χ2v) is 24.5. The van der Waals surface area contributed by atoms with Crippen LogP contribution in [0.25, 0.3) is 0 Å². The lowest BCUT2D eigenvalue weighted by atomic mass is 10.1. The molecule has 0 saturated carbocycles. The van der Waals surface area contributed by atoms with Crippen LogP contribution in [0.3, 0.4) is 0 Å². The predicted molar refractivity (Wildman–Crippen MR) is 351 cm³/mol. The zero-order valence-corrected chi connectivity index (χ0v) is 54.3. The van der Waals surface area contributed by atoms with Crippen LogP contribution in [0.5, 0.6) is 0 Å². The fourth-order valence-electron chi connectivity index (χ4n) is 8.88. The summed E-state index contributed by atoms with van der Waals surface area (Å²) in [4.78, 5) is 38.0. The van der Waals surface area contributed by atoms with Crippen LogP contribution < -0.4 is 4.89 Å². The molecule has 470 valence electrons. The summed E-state index contributed by atoms with van der Waals surface area (Å²) in [6.07, 6.45) is 88.3. The molecule has 0 N–H and O–H groups in total. The van der Waals surface area contributed by atoms with Crippen LogP contribution in [0.1, 0.15) is 271 Å². The number of quaternary nitrogens is 1. The maximum Gasteiger partial charge on any atom is 0.306 e. The van der Waals surface area contributed by atoms with Gasteiger partial charge in [0.05, 0.1) is 27.7 Å². The molecule has 0 fully saturated rings. The normalized spacial score (nSPS) is 14.0. The fraction of sp³-hybridized carbons (Fsp3) is 0.694. The zero-order chi connectivity index (χ0) is 59.8. The van der Waals surface area contributed by atoms with Gasteiger partial charge in [0.1, 0.15) is 19.8 Å². The smallest absolute Gasteiger partial charge is 0.306 e. The number of hydrogen-bond donors (Lipinski definition) is 0. The molecule has 0 radical (unpaired) electrons. The van der Waals surface area contributed by atoms with Crippen LogP contribution in [0.4, 0.5) is 0 Å². The number of nitrogens with zero attached hydrogens (tertiary/aromatic N) is 1. The van der Waals surface area contributed by atoms with Crippen molar-refractivity contribution in [1.29, 1.82) is 0 Å². The molecule has 2 atom stereocenters. The number of phosphoric ester groups is 1. The molecule has 0 heterocycles. The molecule has 0 aliphatic rings. The van der Waals surface area contributed by atoms with Crippen LogP contribution >= 0.6 is 7.82 Å². The van der Waals surface area contributed by atoms with E-state index in [0.29, 0.717) is 17.4 Å². The van der Waals surface area contributed by atoms with Gasteiger partial charge in [-0.05, 0) is 109 Å². The molecule has 0 aromatic heterocycles. The van der Waals surface area contributed by atoms with Gasteiger partial charge in [-0.1, -0.05) is 270 Å². The van der Waals surface area contributed by atoms with Crippen LogP contribution in [0.2, 0.25) is 0 Å². The van der Waals surface area contributed by atoms with Gasteiger partial charge in [0.2, 0.25) is 0 Å². The Morgan fingerprint density at radius 1 is 0.390 bits per heavy atom.